The average Bonchev–Trinajstić information content (AvgIpc) is 2.53. The van der Waals surface area contributed by atoms with E-state index in [1.165, 1.54) is 5.56 Å². The van der Waals surface area contributed by atoms with Gasteiger partial charge in [-0.3, -0.25) is 4.79 Å². The van der Waals surface area contributed by atoms with E-state index in [4.69, 9.17) is 0 Å². The molecule has 0 atom stereocenters. The molecule has 1 aliphatic rings. The molecule has 0 aliphatic carbocycles. The van der Waals surface area contributed by atoms with Crippen LogP contribution in [0.25, 0.3) is 0 Å². The van der Waals surface area contributed by atoms with Crippen molar-refractivity contribution in [1.29, 1.82) is 0 Å². The summed E-state index contributed by atoms with van der Waals surface area (Å²) in [5, 5.41) is 0. The van der Waals surface area contributed by atoms with Gasteiger partial charge in [0.25, 0.3) is 0 Å². The SMILES string of the molecule is CC(C)(C)c1ccc(CC(=O)N2CCC(CS(=O)(=O)C(C)(C)C)CC2)cc1. The van der Waals surface area contributed by atoms with Gasteiger partial charge in [-0.15, -0.1) is 0 Å². The Labute approximate surface area is 165 Å². The normalized spacial score (nSPS) is 17.2. The van der Waals surface area contributed by atoms with E-state index in [0.29, 0.717) is 19.5 Å². The second-order valence-electron chi connectivity index (χ2n) is 9.84. The molecule has 4 nitrogen and oxygen atoms in total. The molecule has 0 saturated carbocycles. The molecular weight excluding hydrogens is 358 g/mol. The molecule has 0 bridgehead atoms. The minimum atomic E-state index is -3.10. The van der Waals surface area contributed by atoms with Gasteiger partial charge in [0.15, 0.2) is 9.84 Å². The smallest absolute Gasteiger partial charge is 0.226 e. The third kappa shape index (κ3) is 5.81. The van der Waals surface area contributed by atoms with E-state index in [0.717, 1.165) is 18.4 Å². The van der Waals surface area contributed by atoms with Gasteiger partial charge in [-0.2, -0.15) is 0 Å². The van der Waals surface area contributed by atoms with E-state index in [9.17, 15) is 13.2 Å². The maximum Gasteiger partial charge on any atom is 0.226 e. The van der Waals surface area contributed by atoms with Crippen molar-refractivity contribution in [3.8, 4) is 0 Å². The second-order valence-corrected chi connectivity index (χ2v) is 12.6. The molecule has 1 saturated heterocycles. The molecule has 0 aromatic heterocycles. The molecule has 1 aromatic rings. The Morgan fingerprint density at radius 3 is 1.96 bits per heavy atom. The first kappa shape index (κ1) is 21.9. The molecule has 5 heteroatoms. The Morgan fingerprint density at radius 2 is 1.52 bits per heavy atom. The number of hydrogen-bond acceptors (Lipinski definition) is 3. The van der Waals surface area contributed by atoms with Crippen molar-refractivity contribution in [2.45, 2.75) is 71.0 Å². The number of hydrogen-bond donors (Lipinski definition) is 0. The van der Waals surface area contributed by atoms with Crippen LogP contribution in [0, 0.1) is 5.92 Å². The Morgan fingerprint density at radius 1 is 1.00 bits per heavy atom. The molecule has 152 valence electrons. The van der Waals surface area contributed by atoms with Crippen molar-refractivity contribution >= 4 is 15.7 Å². The Kier molecular flexibility index (Phi) is 6.45. The number of carbonyl (C=O) groups excluding carboxylic acids is 1. The molecule has 27 heavy (non-hydrogen) atoms. The molecule has 1 heterocycles. The highest BCUT2D eigenvalue weighted by molar-refractivity contribution is 7.92. The summed E-state index contributed by atoms with van der Waals surface area (Å²) in [4.78, 5) is 14.5. The summed E-state index contributed by atoms with van der Waals surface area (Å²) in [6.45, 7) is 13.1. The van der Waals surface area contributed by atoms with Gasteiger partial charge in [0.2, 0.25) is 5.91 Å². The lowest BCUT2D eigenvalue weighted by Gasteiger charge is -2.33. The molecule has 0 spiro atoms. The first-order valence-corrected chi connectivity index (χ1v) is 11.5. The third-order valence-electron chi connectivity index (χ3n) is 5.53. The Hall–Kier alpha value is -1.36. The van der Waals surface area contributed by atoms with Crippen molar-refractivity contribution in [2.75, 3.05) is 18.8 Å². The van der Waals surface area contributed by atoms with E-state index in [-0.39, 0.29) is 23.0 Å². The molecule has 1 fully saturated rings. The van der Waals surface area contributed by atoms with Crippen molar-refractivity contribution in [3.05, 3.63) is 35.4 Å². The largest absolute Gasteiger partial charge is 0.342 e. The zero-order chi connectivity index (χ0) is 20.5. The van der Waals surface area contributed by atoms with Crippen LogP contribution in [-0.4, -0.2) is 42.8 Å². The molecule has 2 rings (SSSR count). The van der Waals surface area contributed by atoms with Crippen molar-refractivity contribution in [1.82, 2.24) is 4.90 Å². The van der Waals surface area contributed by atoms with Gasteiger partial charge in [-0.1, -0.05) is 45.0 Å². The van der Waals surface area contributed by atoms with Gasteiger partial charge in [0.05, 0.1) is 16.9 Å². The van der Waals surface area contributed by atoms with Crippen LogP contribution in [0.5, 0.6) is 0 Å². The van der Waals surface area contributed by atoms with Crippen LogP contribution in [0.3, 0.4) is 0 Å². The van der Waals surface area contributed by atoms with E-state index in [2.05, 4.69) is 32.9 Å². The average molecular weight is 394 g/mol. The van der Waals surface area contributed by atoms with Gasteiger partial charge in [0, 0.05) is 13.1 Å². The first-order chi connectivity index (χ1) is 12.3. The minimum Gasteiger partial charge on any atom is -0.342 e. The Bertz CT molecular complexity index is 744. The monoisotopic (exact) mass is 393 g/mol. The molecule has 1 aromatic carbocycles. The van der Waals surface area contributed by atoms with E-state index in [1.807, 2.05) is 17.0 Å². The van der Waals surface area contributed by atoms with E-state index >= 15 is 0 Å². The van der Waals surface area contributed by atoms with Crippen molar-refractivity contribution in [3.63, 3.8) is 0 Å². The van der Waals surface area contributed by atoms with E-state index in [1.54, 1.807) is 20.8 Å². The number of benzene rings is 1. The third-order valence-corrected chi connectivity index (χ3v) is 8.31. The van der Waals surface area contributed by atoms with Gasteiger partial charge in [-0.25, -0.2) is 8.42 Å². The molecule has 0 unspecified atom stereocenters. The quantitative estimate of drug-likeness (QED) is 0.777. The lowest BCUT2D eigenvalue weighted by atomic mass is 9.86. The van der Waals surface area contributed by atoms with Crippen LogP contribution in [-0.2, 0) is 26.5 Å². The predicted octanol–water partition coefficient (Wildman–Crippen LogP) is 3.98. The van der Waals surface area contributed by atoms with Crippen LogP contribution in [0.4, 0.5) is 0 Å². The number of amides is 1. The number of likely N-dealkylation sites (tertiary alicyclic amines) is 1. The topological polar surface area (TPSA) is 54.5 Å². The van der Waals surface area contributed by atoms with Gasteiger partial charge >= 0.3 is 0 Å². The maximum absolute atomic E-state index is 12.6. The summed E-state index contributed by atoms with van der Waals surface area (Å²) in [6.07, 6.45) is 1.95. The van der Waals surface area contributed by atoms with Gasteiger partial charge in [-0.05, 0) is 56.1 Å². The van der Waals surface area contributed by atoms with Crippen LogP contribution in [0.15, 0.2) is 24.3 Å². The van der Waals surface area contributed by atoms with E-state index < -0.39 is 14.6 Å². The zero-order valence-corrected chi connectivity index (χ0v) is 18.5. The van der Waals surface area contributed by atoms with Crippen LogP contribution < -0.4 is 0 Å². The summed E-state index contributed by atoms with van der Waals surface area (Å²) in [6, 6.07) is 8.29. The van der Waals surface area contributed by atoms with Gasteiger partial charge < -0.3 is 4.90 Å². The highest BCUT2D eigenvalue weighted by Crippen LogP contribution is 2.26. The number of rotatable bonds is 4. The van der Waals surface area contributed by atoms with Crippen LogP contribution >= 0.6 is 0 Å². The predicted molar refractivity (Wildman–Crippen MR) is 112 cm³/mol. The maximum atomic E-state index is 12.6. The second kappa shape index (κ2) is 7.94. The van der Waals surface area contributed by atoms with Crippen molar-refractivity contribution < 1.29 is 13.2 Å². The lowest BCUT2D eigenvalue weighted by Crippen LogP contribution is -2.42. The number of sulfone groups is 1. The fourth-order valence-corrected chi connectivity index (χ4v) is 4.77. The summed E-state index contributed by atoms with van der Waals surface area (Å²) >= 11 is 0. The summed E-state index contributed by atoms with van der Waals surface area (Å²) in [5.41, 5.74) is 2.41. The summed E-state index contributed by atoms with van der Waals surface area (Å²) in [5.74, 6) is 0.521. The highest BCUT2D eigenvalue weighted by Gasteiger charge is 2.33. The van der Waals surface area contributed by atoms with Crippen LogP contribution in [0.2, 0.25) is 0 Å². The van der Waals surface area contributed by atoms with Crippen LogP contribution in [0.1, 0.15) is 65.5 Å². The standard InChI is InChI=1S/C22H35NO3S/c1-21(2,3)19-9-7-17(8-10-19)15-20(24)23-13-11-18(12-14-23)16-27(25,26)22(4,5)6/h7-10,18H,11-16H2,1-6H3. The summed E-state index contributed by atoms with van der Waals surface area (Å²) < 4.78 is 24.1. The minimum absolute atomic E-state index is 0.109. The lowest BCUT2D eigenvalue weighted by molar-refractivity contribution is -0.131. The fraction of sp³-hybridized carbons (Fsp3) is 0.682. The van der Waals surface area contributed by atoms with Crippen molar-refractivity contribution in [2.24, 2.45) is 5.92 Å². The Balaban J connectivity index is 1.88. The highest BCUT2D eigenvalue weighted by atomic mass is 32.2. The molecule has 1 aliphatic heterocycles. The first-order valence-electron chi connectivity index (χ1n) is 9.89. The zero-order valence-electron chi connectivity index (χ0n) is 17.7. The number of carbonyl (C=O) groups is 1. The molecule has 1 amide bonds. The summed E-state index contributed by atoms with van der Waals surface area (Å²) in [7, 11) is -3.10. The number of piperidine rings is 1. The molecular formula is C22H35NO3S. The van der Waals surface area contributed by atoms with Gasteiger partial charge in [0.1, 0.15) is 0 Å². The fourth-order valence-electron chi connectivity index (χ4n) is 3.32. The molecule has 0 radical (unpaired) electrons. The molecule has 0 N–H and O–H groups in total. The number of nitrogens with zero attached hydrogens (tertiary/aromatic N) is 1.